The lowest BCUT2D eigenvalue weighted by Crippen LogP contribution is -2.43. The van der Waals surface area contributed by atoms with E-state index in [0.717, 1.165) is 11.1 Å². The van der Waals surface area contributed by atoms with Gasteiger partial charge >= 0.3 is 0 Å². The molecule has 0 aliphatic carbocycles. The molecule has 27 heavy (non-hydrogen) atoms. The number of aliphatic hydroxyl groups excluding tert-OH is 1. The SMILES string of the molecule is NC(=O)Cc1ccc(-c2ccc([C@@H](O)[C@@H](CF)NC(=O)C(Cl)Cl)cc2)cn1. The van der Waals surface area contributed by atoms with Crippen LogP contribution in [0.3, 0.4) is 0 Å². The van der Waals surface area contributed by atoms with E-state index in [1.165, 1.54) is 0 Å². The van der Waals surface area contributed by atoms with Gasteiger partial charge in [-0.25, -0.2) is 4.39 Å². The van der Waals surface area contributed by atoms with E-state index in [9.17, 15) is 19.1 Å². The summed E-state index contributed by atoms with van der Waals surface area (Å²) in [6.45, 7) is -0.986. The zero-order valence-corrected chi connectivity index (χ0v) is 15.6. The molecular formula is C18H18Cl2FN3O3. The van der Waals surface area contributed by atoms with Gasteiger partial charge < -0.3 is 16.2 Å². The van der Waals surface area contributed by atoms with Gasteiger partial charge in [0.15, 0.2) is 4.84 Å². The zero-order chi connectivity index (χ0) is 20.0. The van der Waals surface area contributed by atoms with E-state index in [-0.39, 0.29) is 6.42 Å². The zero-order valence-electron chi connectivity index (χ0n) is 14.1. The van der Waals surface area contributed by atoms with Crippen LogP contribution in [-0.4, -0.2) is 39.5 Å². The number of primary amides is 1. The Balaban J connectivity index is 2.11. The van der Waals surface area contributed by atoms with Gasteiger partial charge in [-0.2, -0.15) is 0 Å². The van der Waals surface area contributed by atoms with Gasteiger partial charge in [0.25, 0.3) is 5.91 Å². The Morgan fingerprint density at radius 2 is 1.78 bits per heavy atom. The second kappa shape index (κ2) is 9.64. The van der Waals surface area contributed by atoms with Crippen molar-refractivity contribution < 1.29 is 19.1 Å². The number of pyridine rings is 1. The molecule has 6 nitrogen and oxygen atoms in total. The van der Waals surface area contributed by atoms with Gasteiger partial charge in [-0.15, -0.1) is 0 Å². The molecule has 0 aliphatic rings. The summed E-state index contributed by atoms with van der Waals surface area (Å²) in [5.74, 6) is -1.24. The highest BCUT2D eigenvalue weighted by atomic mass is 35.5. The summed E-state index contributed by atoms with van der Waals surface area (Å²) < 4.78 is 13.2. The van der Waals surface area contributed by atoms with Crippen LogP contribution in [0.4, 0.5) is 4.39 Å². The third kappa shape index (κ3) is 5.89. The second-order valence-electron chi connectivity index (χ2n) is 5.82. The highest BCUT2D eigenvalue weighted by Gasteiger charge is 2.25. The summed E-state index contributed by atoms with van der Waals surface area (Å²) in [6.07, 6.45) is 0.402. The first kappa shape index (κ1) is 21.1. The molecule has 4 N–H and O–H groups in total. The average molecular weight is 414 g/mol. The van der Waals surface area contributed by atoms with Gasteiger partial charge in [-0.05, 0) is 17.2 Å². The largest absolute Gasteiger partial charge is 0.386 e. The molecule has 0 bridgehead atoms. The van der Waals surface area contributed by atoms with Gasteiger partial charge in [-0.3, -0.25) is 14.6 Å². The highest BCUT2D eigenvalue weighted by molar-refractivity contribution is 6.53. The van der Waals surface area contributed by atoms with Crippen molar-refractivity contribution >= 4 is 35.0 Å². The Bertz CT molecular complexity index is 785. The number of nitrogens with zero attached hydrogens (tertiary/aromatic N) is 1. The molecule has 1 aromatic carbocycles. The molecule has 2 atom stereocenters. The number of aliphatic hydroxyl groups is 1. The van der Waals surface area contributed by atoms with Gasteiger partial charge in [-0.1, -0.05) is 53.5 Å². The number of alkyl halides is 3. The summed E-state index contributed by atoms with van der Waals surface area (Å²) >= 11 is 10.9. The molecule has 0 saturated carbocycles. The van der Waals surface area contributed by atoms with E-state index in [1.54, 1.807) is 42.6 Å². The van der Waals surface area contributed by atoms with Crippen LogP contribution < -0.4 is 11.1 Å². The molecule has 1 aromatic heterocycles. The minimum Gasteiger partial charge on any atom is -0.386 e. The van der Waals surface area contributed by atoms with Crippen molar-refractivity contribution in [3.63, 3.8) is 0 Å². The van der Waals surface area contributed by atoms with E-state index in [1.807, 2.05) is 0 Å². The lowest BCUT2D eigenvalue weighted by molar-refractivity contribution is -0.121. The number of benzene rings is 1. The molecule has 0 fully saturated rings. The molecule has 9 heteroatoms. The Kier molecular flexibility index (Phi) is 7.53. The minimum absolute atomic E-state index is 0.0627. The molecule has 0 saturated heterocycles. The molecule has 144 valence electrons. The Hall–Kier alpha value is -2.22. The van der Waals surface area contributed by atoms with Crippen LogP contribution in [0.15, 0.2) is 42.6 Å². The van der Waals surface area contributed by atoms with E-state index in [2.05, 4.69) is 10.3 Å². The van der Waals surface area contributed by atoms with Crippen molar-refractivity contribution in [3.05, 3.63) is 53.9 Å². The molecule has 0 spiro atoms. The summed E-state index contributed by atoms with van der Waals surface area (Å²) in [5, 5.41) is 12.6. The average Bonchev–Trinajstić information content (AvgIpc) is 2.65. The summed E-state index contributed by atoms with van der Waals surface area (Å²) in [7, 11) is 0. The fraction of sp³-hybridized carbons (Fsp3) is 0.278. The van der Waals surface area contributed by atoms with Crippen molar-refractivity contribution in [3.8, 4) is 11.1 Å². The number of rotatable bonds is 8. The first-order valence-corrected chi connectivity index (χ1v) is 8.85. The Labute approximate surface area is 165 Å². The third-order valence-corrected chi connectivity index (χ3v) is 4.24. The van der Waals surface area contributed by atoms with Gasteiger partial charge in [0.2, 0.25) is 5.91 Å². The van der Waals surface area contributed by atoms with Crippen molar-refractivity contribution in [1.82, 2.24) is 10.3 Å². The van der Waals surface area contributed by atoms with Gasteiger partial charge in [0.05, 0.1) is 12.5 Å². The minimum atomic E-state index is -1.35. The predicted octanol–water partition coefficient (Wildman–Crippen LogP) is 2.07. The monoisotopic (exact) mass is 413 g/mol. The van der Waals surface area contributed by atoms with Crippen molar-refractivity contribution in [2.45, 2.75) is 23.4 Å². The first-order valence-electron chi connectivity index (χ1n) is 7.98. The summed E-state index contributed by atoms with van der Waals surface area (Å²) in [6, 6.07) is 9.02. The standard InChI is InChI=1S/C18H18Cl2FN3O3/c19-17(20)18(27)24-14(8-21)16(26)11-3-1-10(2-4-11)12-5-6-13(23-9-12)7-15(22)25/h1-6,9,14,16-17,26H,7-8H2,(H2,22,25)(H,24,27)/t14-,16-/m1/s1. The molecule has 0 unspecified atom stereocenters. The fourth-order valence-corrected chi connectivity index (χ4v) is 2.56. The predicted molar refractivity (Wildman–Crippen MR) is 101 cm³/mol. The quantitative estimate of drug-likeness (QED) is 0.575. The Morgan fingerprint density at radius 3 is 2.26 bits per heavy atom. The van der Waals surface area contributed by atoms with Gasteiger partial charge in [0.1, 0.15) is 12.8 Å². The number of hydrogen-bond donors (Lipinski definition) is 3. The molecular weight excluding hydrogens is 396 g/mol. The lowest BCUT2D eigenvalue weighted by Gasteiger charge is -2.22. The maximum atomic E-state index is 13.2. The van der Waals surface area contributed by atoms with Crippen LogP contribution in [0.25, 0.3) is 11.1 Å². The Morgan fingerprint density at radius 1 is 1.15 bits per heavy atom. The molecule has 0 radical (unpaired) electrons. The van der Waals surface area contributed by atoms with Crippen LogP contribution in [0.5, 0.6) is 0 Å². The van der Waals surface area contributed by atoms with Crippen LogP contribution in [0.2, 0.25) is 0 Å². The number of carbonyl (C=O) groups excluding carboxylic acids is 2. The third-order valence-electron chi connectivity index (χ3n) is 3.84. The van der Waals surface area contributed by atoms with E-state index >= 15 is 0 Å². The van der Waals surface area contributed by atoms with Crippen LogP contribution >= 0.6 is 23.2 Å². The normalized spacial score (nSPS) is 13.2. The highest BCUT2D eigenvalue weighted by Crippen LogP contribution is 2.24. The van der Waals surface area contributed by atoms with Crippen molar-refractivity contribution in [2.24, 2.45) is 5.73 Å². The second-order valence-corrected chi connectivity index (χ2v) is 6.91. The maximum absolute atomic E-state index is 13.2. The lowest BCUT2D eigenvalue weighted by atomic mass is 9.99. The van der Waals surface area contributed by atoms with Gasteiger partial charge in [0, 0.05) is 17.5 Å². The fourth-order valence-electron chi connectivity index (χ4n) is 2.43. The van der Waals surface area contributed by atoms with Crippen LogP contribution in [0.1, 0.15) is 17.4 Å². The molecule has 1 heterocycles. The van der Waals surface area contributed by atoms with E-state index in [0.29, 0.717) is 11.3 Å². The molecule has 2 amide bonds. The smallest absolute Gasteiger partial charge is 0.253 e. The first-order chi connectivity index (χ1) is 12.8. The van der Waals surface area contributed by atoms with E-state index in [4.69, 9.17) is 28.9 Å². The number of nitrogens with two attached hydrogens (primary N) is 1. The van der Waals surface area contributed by atoms with E-state index < -0.39 is 35.5 Å². The number of carbonyl (C=O) groups is 2. The topological polar surface area (TPSA) is 105 Å². The molecule has 2 rings (SSSR count). The van der Waals surface area contributed by atoms with Crippen molar-refractivity contribution in [1.29, 1.82) is 0 Å². The number of nitrogens with one attached hydrogen (secondary N) is 1. The van der Waals surface area contributed by atoms with Crippen molar-refractivity contribution in [2.75, 3.05) is 6.67 Å². The number of hydrogen-bond acceptors (Lipinski definition) is 4. The maximum Gasteiger partial charge on any atom is 0.253 e. The van der Waals surface area contributed by atoms with Crippen LogP contribution in [-0.2, 0) is 16.0 Å². The molecule has 0 aliphatic heterocycles. The summed E-state index contributed by atoms with van der Waals surface area (Å²) in [4.78, 5) is 25.2. The number of halogens is 3. The number of aromatic nitrogens is 1. The molecule has 2 aromatic rings. The number of amides is 2. The summed E-state index contributed by atoms with van der Waals surface area (Å²) in [5.41, 5.74) is 7.72. The van der Waals surface area contributed by atoms with Crippen LogP contribution in [0, 0.1) is 0 Å².